The van der Waals surface area contributed by atoms with Crippen LogP contribution >= 0.6 is 0 Å². The van der Waals surface area contributed by atoms with Crippen LogP contribution in [0.1, 0.15) is 39.2 Å². The number of methoxy groups -OCH3 is 1. The van der Waals surface area contributed by atoms with Crippen molar-refractivity contribution < 1.29 is 51.3 Å². The normalized spacial score (nSPS) is 13.6. The molecule has 37 heavy (non-hydrogen) atoms. The van der Waals surface area contributed by atoms with Crippen molar-refractivity contribution in [3.8, 4) is 0 Å². The number of nitrogens with zero attached hydrogens (tertiary/aromatic N) is 1. The van der Waals surface area contributed by atoms with Gasteiger partial charge in [-0.25, -0.2) is 22.3 Å². The minimum absolute atomic E-state index is 0.0103. The third-order valence-electron chi connectivity index (χ3n) is 4.90. The molecule has 0 saturated carbocycles. The van der Waals surface area contributed by atoms with Crippen LogP contribution in [-0.2, 0) is 52.9 Å². The third-order valence-corrected chi connectivity index (χ3v) is 6.68. The molecule has 0 fully saturated rings. The molecule has 0 aliphatic heterocycles. The lowest BCUT2D eigenvalue weighted by Crippen LogP contribution is -2.55. The quantitative estimate of drug-likeness (QED) is 0.145. The maximum absolute atomic E-state index is 13.5. The molecule has 13 heteroatoms. The van der Waals surface area contributed by atoms with Crippen molar-refractivity contribution in [2.45, 2.75) is 63.7 Å². The molecule has 3 atom stereocenters. The van der Waals surface area contributed by atoms with Crippen LogP contribution in [0, 0.1) is 6.92 Å². The number of hydrogen-bond donors (Lipinski definition) is 0. The second kappa shape index (κ2) is 14.7. The molecule has 0 bridgehead atoms. The Morgan fingerprint density at radius 3 is 2.11 bits per heavy atom. The highest BCUT2D eigenvalue weighted by molar-refractivity contribution is 7.89. The Morgan fingerprint density at radius 1 is 1.03 bits per heavy atom. The van der Waals surface area contributed by atoms with Crippen LogP contribution in [0.3, 0.4) is 0 Å². The lowest BCUT2D eigenvalue weighted by atomic mass is 9.99. The molecule has 12 nitrogen and oxygen atoms in total. The van der Waals surface area contributed by atoms with Gasteiger partial charge in [-0.1, -0.05) is 23.8 Å². The van der Waals surface area contributed by atoms with Gasteiger partial charge >= 0.3 is 23.9 Å². The lowest BCUT2D eigenvalue weighted by molar-refractivity contribution is -0.184. The monoisotopic (exact) mass is 541 g/mol. The first-order chi connectivity index (χ1) is 17.4. The zero-order chi connectivity index (χ0) is 28.2. The molecule has 0 saturated heterocycles. The number of esters is 4. The summed E-state index contributed by atoms with van der Waals surface area (Å²) in [6.45, 7) is 5.08. The number of carbonyl (C=O) groups is 5. The van der Waals surface area contributed by atoms with E-state index in [0.717, 1.165) is 32.6 Å². The average molecular weight is 542 g/mol. The van der Waals surface area contributed by atoms with E-state index in [0.29, 0.717) is 4.31 Å². The van der Waals surface area contributed by atoms with Gasteiger partial charge in [0.25, 0.3) is 10.0 Å². The van der Waals surface area contributed by atoms with Gasteiger partial charge < -0.3 is 18.9 Å². The lowest BCUT2D eigenvalue weighted by Gasteiger charge is -2.36. The molecule has 204 valence electrons. The van der Waals surface area contributed by atoms with Crippen molar-refractivity contribution in [1.29, 1.82) is 0 Å². The highest BCUT2D eigenvalue weighted by Gasteiger charge is 2.46. The van der Waals surface area contributed by atoms with E-state index in [1.807, 2.05) is 0 Å². The number of rotatable bonds is 14. The number of sulfonamides is 1. The number of aryl methyl sites for hydroxylation is 1. The summed E-state index contributed by atoms with van der Waals surface area (Å²) in [5, 5.41) is 0. The van der Waals surface area contributed by atoms with Crippen molar-refractivity contribution in [1.82, 2.24) is 4.31 Å². The van der Waals surface area contributed by atoms with Crippen molar-refractivity contribution in [2.75, 3.05) is 13.7 Å². The molecule has 1 aromatic carbocycles. The molecule has 1 aromatic rings. The molecule has 0 unspecified atom stereocenters. The van der Waals surface area contributed by atoms with Crippen molar-refractivity contribution in [3.63, 3.8) is 0 Å². The van der Waals surface area contributed by atoms with Crippen LogP contribution in [0.15, 0.2) is 41.3 Å². The largest absolute Gasteiger partial charge is 0.466 e. The van der Waals surface area contributed by atoms with Gasteiger partial charge in [0.1, 0.15) is 0 Å². The van der Waals surface area contributed by atoms with Crippen LogP contribution in [0.25, 0.3) is 0 Å². The fourth-order valence-electron chi connectivity index (χ4n) is 3.28. The summed E-state index contributed by atoms with van der Waals surface area (Å²) in [6.07, 6.45) is -1.52. The smallest absolute Gasteiger partial charge is 0.351 e. The van der Waals surface area contributed by atoms with Crippen LogP contribution in [0.4, 0.5) is 0 Å². The van der Waals surface area contributed by atoms with Gasteiger partial charge in [-0.3, -0.25) is 14.4 Å². The molecule has 1 rings (SSSR count). The third kappa shape index (κ3) is 9.33. The zero-order valence-electron chi connectivity index (χ0n) is 21.2. The Kier molecular flexibility index (Phi) is 12.5. The Morgan fingerprint density at radius 2 is 1.62 bits per heavy atom. The van der Waals surface area contributed by atoms with E-state index >= 15 is 0 Å². The van der Waals surface area contributed by atoms with Gasteiger partial charge in [0.05, 0.1) is 24.7 Å². The van der Waals surface area contributed by atoms with E-state index < -0.39 is 52.2 Å². The van der Waals surface area contributed by atoms with Gasteiger partial charge in [0, 0.05) is 19.9 Å². The SMILES string of the molecule is CCOC(=O)[C@H](OC(C)=O)[C@@H](OC(C)=O)[C@H](CC/C=C/C(=O)OC)N(C=O)S(=O)(=O)c1ccc(C)cc1. The minimum Gasteiger partial charge on any atom is -0.466 e. The van der Waals surface area contributed by atoms with Gasteiger partial charge in [-0.05, 0) is 38.8 Å². The van der Waals surface area contributed by atoms with Gasteiger partial charge in [0.2, 0.25) is 12.5 Å². The highest BCUT2D eigenvalue weighted by atomic mass is 32.2. The summed E-state index contributed by atoms with van der Waals surface area (Å²) in [5.74, 6) is -3.69. The Hall–Kier alpha value is -3.74. The summed E-state index contributed by atoms with van der Waals surface area (Å²) >= 11 is 0. The first kappa shape index (κ1) is 31.3. The number of ether oxygens (including phenoxy) is 4. The summed E-state index contributed by atoms with van der Waals surface area (Å²) in [7, 11) is -3.38. The van der Waals surface area contributed by atoms with E-state index in [2.05, 4.69) is 4.74 Å². The second-order valence-corrected chi connectivity index (χ2v) is 9.52. The number of benzene rings is 1. The number of allylic oxidation sites excluding steroid dienone is 1. The summed E-state index contributed by atoms with van der Waals surface area (Å²) in [4.78, 5) is 59.9. The summed E-state index contributed by atoms with van der Waals surface area (Å²) in [6, 6.07) is 4.06. The fourth-order valence-corrected chi connectivity index (χ4v) is 4.70. The molecule has 1 amide bonds. The standard InChI is InChI=1S/C24H31NO11S/c1-6-34-24(30)23(36-18(4)28)22(35-17(3)27)20(9-7-8-10-21(29)33-5)25(15-26)37(31,32)19-13-11-16(2)12-14-19/h8,10-15,20,22-23H,6-7,9H2,1-5H3/b10-8+/t20-,22-,23+/m0/s1. The minimum atomic E-state index is -4.54. The molecule has 0 aromatic heterocycles. The summed E-state index contributed by atoms with van der Waals surface area (Å²) < 4.78 is 47.2. The number of amides is 1. The molecule has 0 aliphatic carbocycles. The van der Waals surface area contributed by atoms with Gasteiger partial charge in [-0.2, -0.15) is 0 Å². The van der Waals surface area contributed by atoms with Gasteiger partial charge in [0.15, 0.2) is 6.10 Å². The van der Waals surface area contributed by atoms with Crippen molar-refractivity contribution in [2.24, 2.45) is 0 Å². The van der Waals surface area contributed by atoms with E-state index in [9.17, 15) is 32.4 Å². The predicted octanol–water partition coefficient (Wildman–Crippen LogP) is 1.45. The van der Waals surface area contributed by atoms with Crippen molar-refractivity contribution >= 4 is 40.3 Å². The number of carbonyl (C=O) groups excluding carboxylic acids is 5. The first-order valence-corrected chi connectivity index (χ1v) is 12.6. The van der Waals surface area contributed by atoms with E-state index in [-0.39, 0.29) is 30.8 Å². The highest BCUT2D eigenvalue weighted by Crippen LogP contribution is 2.26. The Bertz CT molecular complexity index is 1100. The zero-order valence-corrected chi connectivity index (χ0v) is 22.1. The summed E-state index contributed by atoms with van der Waals surface area (Å²) in [5.41, 5.74) is 0.760. The molecule has 0 heterocycles. The van der Waals surface area contributed by atoms with E-state index in [1.165, 1.54) is 37.3 Å². The second-order valence-electron chi connectivity index (χ2n) is 7.68. The van der Waals surface area contributed by atoms with Gasteiger partial charge in [-0.15, -0.1) is 0 Å². The maximum atomic E-state index is 13.5. The molecule has 0 radical (unpaired) electrons. The Balaban J connectivity index is 3.69. The first-order valence-electron chi connectivity index (χ1n) is 11.2. The molecule has 0 spiro atoms. The van der Waals surface area contributed by atoms with E-state index in [1.54, 1.807) is 6.92 Å². The molecular formula is C24H31NO11S. The van der Waals surface area contributed by atoms with Crippen molar-refractivity contribution in [3.05, 3.63) is 42.0 Å². The fraction of sp³-hybridized carbons (Fsp3) is 0.458. The van der Waals surface area contributed by atoms with Crippen LogP contribution < -0.4 is 0 Å². The van der Waals surface area contributed by atoms with E-state index in [4.69, 9.17) is 14.2 Å². The van der Waals surface area contributed by atoms with Crippen LogP contribution in [0.5, 0.6) is 0 Å². The Labute approximate surface area is 215 Å². The maximum Gasteiger partial charge on any atom is 0.351 e. The predicted molar refractivity (Wildman–Crippen MR) is 128 cm³/mol. The molecular weight excluding hydrogens is 510 g/mol. The van der Waals surface area contributed by atoms with Crippen LogP contribution in [0.2, 0.25) is 0 Å². The molecule has 0 aliphatic rings. The topological polar surface area (TPSA) is 160 Å². The van der Waals surface area contributed by atoms with Crippen LogP contribution in [-0.4, -0.2) is 75.0 Å². The molecule has 0 N–H and O–H groups in total. The number of hydrogen-bond acceptors (Lipinski definition) is 11. The average Bonchev–Trinajstić information content (AvgIpc) is 2.83.